The highest BCUT2D eigenvalue weighted by Crippen LogP contribution is 2.20. The number of aromatic nitrogens is 1. The van der Waals surface area contributed by atoms with Crippen molar-refractivity contribution in [1.82, 2.24) is 5.32 Å². The highest BCUT2D eigenvalue weighted by molar-refractivity contribution is 5.95. The molecule has 4 N–H and O–H groups in total. The number of halogens is 1. The number of nitrogens with one attached hydrogen (secondary N) is 2. The monoisotopic (exact) mass is 482 g/mol. The van der Waals surface area contributed by atoms with Gasteiger partial charge in [-0.1, -0.05) is 30.3 Å². The second-order valence-corrected chi connectivity index (χ2v) is 7.73. The number of amides is 1. The molecule has 0 fully saturated rings. The van der Waals surface area contributed by atoms with E-state index in [2.05, 4.69) is 5.32 Å². The molecular formula is C25H27ClN4O4. The molecule has 1 aromatic heterocycles. The van der Waals surface area contributed by atoms with Gasteiger partial charge in [-0.3, -0.25) is 15.0 Å². The van der Waals surface area contributed by atoms with Gasteiger partial charge in [0.2, 0.25) is 0 Å². The molecule has 3 aromatic rings. The zero-order valence-electron chi connectivity index (χ0n) is 18.9. The molecule has 1 heterocycles. The smallest absolute Gasteiger partial charge is 0.311 e. The molecule has 0 aliphatic rings. The number of nitrogens with zero attached hydrogens (tertiary/aromatic N) is 1. The van der Waals surface area contributed by atoms with E-state index in [0.717, 1.165) is 16.7 Å². The second-order valence-electron chi connectivity index (χ2n) is 7.73. The van der Waals surface area contributed by atoms with Gasteiger partial charge in [-0.05, 0) is 48.2 Å². The Labute approximate surface area is 204 Å². The third-order valence-corrected chi connectivity index (χ3v) is 5.44. The Morgan fingerprint density at radius 3 is 2.26 bits per heavy atom. The van der Waals surface area contributed by atoms with Gasteiger partial charge in [0, 0.05) is 29.3 Å². The fourth-order valence-corrected chi connectivity index (χ4v) is 3.55. The van der Waals surface area contributed by atoms with Gasteiger partial charge in [0.05, 0.1) is 13.0 Å². The van der Waals surface area contributed by atoms with Crippen molar-refractivity contribution in [2.24, 2.45) is 11.7 Å². The van der Waals surface area contributed by atoms with Crippen molar-refractivity contribution >= 4 is 30.1 Å². The molecule has 9 heteroatoms. The number of ether oxygens (including phenoxy) is 1. The first kappa shape index (κ1) is 26.3. The summed E-state index contributed by atoms with van der Waals surface area (Å²) in [5.74, 6) is -1.43. The topological polar surface area (TPSA) is 132 Å². The summed E-state index contributed by atoms with van der Waals surface area (Å²) in [5, 5.41) is 21.7. The van der Waals surface area contributed by atoms with Crippen LogP contribution in [0.2, 0.25) is 0 Å². The van der Waals surface area contributed by atoms with Crippen LogP contribution in [0.3, 0.4) is 0 Å². The standard InChI is InChI=1S/C25H26N4O4.ClH/c1-16(22(25(31)33-2)15-17-4-3-5-21(14-17)23(26)27)28-24(30)20-8-6-18(7-9-20)19-10-12-29(32)13-11-19;/h3-14,16,22H,15H2,1-2H3,(H3,26,27)(H,28,30);1H/t16-,22-;/m1./s1. The summed E-state index contributed by atoms with van der Waals surface area (Å²) < 4.78 is 5.67. The quantitative estimate of drug-likeness (QED) is 0.149. The molecule has 0 bridgehead atoms. The van der Waals surface area contributed by atoms with E-state index in [1.807, 2.05) is 6.07 Å². The number of carbonyl (C=O) groups is 2. The normalized spacial score (nSPS) is 12.1. The molecule has 2 atom stereocenters. The zero-order chi connectivity index (χ0) is 24.0. The minimum Gasteiger partial charge on any atom is -0.619 e. The predicted octanol–water partition coefficient (Wildman–Crippen LogP) is 2.84. The fourth-order valence-electron chi connectivity index (χ4n) is 3.55. The van der Waals surface area contributed by atoms with E-state index in [0.29, 0.717) is 22.3 Å². The number of esters is 1. The maximum absolute atomic E-state index is 12.8. The maximum atomic E-state index is 12.8. The summed E-state index contributed by atoms with van der Waals surface area (Å²) in [6.07, 6.45) is 3.15. The molecule has 0 unspecified atom stereocenters. The number of hydrogen-bond donors (Lipinski definition) is 3. The van der Waals surface area contributed by atoms with E-state index < -0.39 is 17.9 Å². The Bertz CT molecular complexity index is 1150. The zero-order valence-corrected chi connectivity index (χ0v) is 19.7. The molecule has 3 rings (SSSR count). The molecule has 0 saturated heterocycles. The highest BCUT2D eigenvalue weighted by atomic mass is 35.5. The van der Waals surface area contributed by atoms with Crippen molar-refractivity contribution in [3.63, 3.8) is 0 Å². The van der Waals surface area contributed by atoms with Crippen LogP contribution in [0, 0.1) is 16.5 Å². The summed E-state index contributed by atoms with van der Waals surface area (Å²) in [5.41, 5.74) is 9.12. The lowest BCUT2D eigenvalue weighted by molar-refractivity contribution is -0.605. The number of nitrogens with two attached hydrogens (primary N) is 1. The molecule has 0 aliphatic heterocycles. The lowest BCUT2D eigenvalue weighted by atomic mass is 9.92. The first-order valence-corrected chi connectivity index (χ1v) is 10.4. The Balaban J connectivity index is 0.00000408. The first-order chi connectivity index (χ1) is 15.8. The second kappa shape index (κ2) is 11.8. The van der Waals surface area contributed by atoms with Gasteiger partial charge < -0.3 is 21.0 Å². The number of carbonyl (C=O) groups excluding carboxylic acids is 2. The van der Waals surface area contributed by atoms with Gasteiger partial charge in [0.25, 0.3) is 5.91 Å². The third-order valence-electron chi connectivity index (χ3n) is 5.44. The van der Waals surface area contributed by atoms with Gasteiger partial charge in [0.15, 0.2) is 12.4 Å². The molecule has 178 valence electrons. The largest absolute Gasteiger partial charge is 0.619 e. The summed E-state index contributed by atoms with van der Waals surface area (Å²) in [4.78, 5) is 25.3. The van der Waals surface area contributed by atoms with Crippen molar-refractivity contribution in [1.29, 1.82) is 5.41 Å². The SMILES string of the molecule is COC(=O)[C@H](Cc1cccc(C(=N)N)c1)[C@@H](C)NC(=O)c1ccc(-c2cc[n+]([O-])cc2)cc1.Cl. The van der Waals surface area contributed by atoms with Crippen LogP contribution >= 0.6 is 12.4 Å². The number of nitrogen functional groups attached to an aromatic ring is 1. The van der Waals surface area contributed by atoms with Crippen LogP contribution in [0.1, 0.15) is 28.4 Å². The maximum Gasteiger partial charge on any atom is 0.311 e. The molecule has 2 aromatic carbocycles. The lowest BCUT2D eigenvalue weighted by Gasteiger charge is -2.23. The summed E-state index contributed by atoms with van der Waals surface area (Å²) >= 11 is 0. The van der Waals surface area contributed by atoms with Crippen molar-refractivity contribution in [3.8, 4) is 11.1 Å². The molecule has 0 saturated carbocycles. The number of amidine groups is 1. The van der Waals surface area contributed by atoms with Crippen molar-refractivity contribution in [3.05, 3.63) is 95.0 Å². The molecule has 8 nitrogen and oxygen atoms in total. The average Bonchev–Trinajstić information content (AvgIpc) is 2.82. The molecule has 0 spiro atoms. The molecular weight excluding hydrogens is 456 g/mol. The number of methoxy groups -OCH3 is 1. The average molecular weight is 483 g/mol. The van der Waals surface area contributed by atoms with Crippen LogP contribution in [0.4, 0.5) is 0 Å². The van der Waals surface area contributed by atoms with Crippen LogP contribution in [0.25, 0.3) is 11.1 Å². The van der Waals surface area contributed by atoms with Crippen LogP contribution in [-0.4, -0.2) is 30.9 Å². The van der Waals surface area contributed by atoms with E-state index in [4.69, 9.17) is 15.9 Å². The number of benzene rings is 2. The Morgan fingerprint density at radius 1 is 1.06 bits per heavy atom. The van der Waals surface area contributed by atoms with Crippen molar-refractivity contribution < 1.29 is 19.1 Å². The summed E-state index contributed by atoms with van der Waals surface area (Å²) in [7, 11) is 1.31. The summed E-state index contributed by atoms with van der Waals surface area (Å²) in [6.45, 7) is 1.75. The van der Waals surface area contributed by atoms with E-state index in [9.17, 15) is 14.8 Å². The van der Waals surface area contributed by atoms with Crippen LogP contribution in [0.5, 0.6) is 0 Å². The first-order valence-electron chi connectivity index (χ1n) is 10.4. The van der Waals surface area contributed by atoms with Gasteiger partial charge in [-0.15, -0.1) is 12.4 Å². The Morgan fingerprint density at radius 2 is 1.68 bits per heavy atom. The van der Waals surface area contributed by atoms with Gasteiger partial charge >= 0.3 is 5.97 Å². The Kier molecular flexibility index (Phi) is 9.15. The minimum absolute atomic E-state index is 0. The molecule has 0 aliphatic carbocycles. The predicted molar refractivity (Wildman–Crippen MR) is 132 cm³/mol. The molecule has 34 heavy (non-hydrogen) atoms. The van der Waals surface area contributed by atoms with Crippen molar-refractivity contribution in [2.75, 3.05) is 7.11 Å². The highest BCUT2D eigenvalue weighted by Gasteiger charge is 2.28. The van der Waals surface area contributed by atoms with E-state index in [1.165, 1.54) is 19.5 Å². The van der Waals surface area contributed by atoms with E-state index in [1.54, 1.807) is 61.5 Å². The number of rotatable bonds is 8. The third kappa shape index (κ3) is 6.55. The van der Waals surface area contributed by atoms with Crippen molar-refractivity contribution in [2.45, 2.75) is 19.4 Å². The number of hydrogen-bond acceptors (Lipinski definition) is 5. The molecule has 1 amide bonds. The van der Waals surface area contributed by atoms with E-state index in [-0.39, 0.29) is 24.1 Å². The molecule has 0 radical (unpaired) electrons. The van der Waals surface area contributed by atoms with Crippen LogP contribution < -0.4 is 15.8 Å². The Hall–Kier alpha value is -3.91. The summed E-state index contributed by atoms with van der Waals surface area (Å²) in [6, 6.07) is 17.0. The van der Waals surface area contributed by atoms with Gasteiger partial charge in [-0.2, -0.15) is 4.73 Å². The minimum atomic E-state index is -0.622. The number of pyridine rings is 1. The lowest BCUT2D eigenvalue weighted by Crippen LogP contribution is -2.42. The van der Waals surface area contributed by atoms with E-state index >= 15 is 0 Å². The van der Waals surface area contributed by atoms with Gasteiger partial charge in [-0.25, -0.2) is 0 Å². The van der Waals surface area contributed by atoms with Crippen LogP contribution in [-0.2, 0) is 16.0 Å². The van der Waals surface area contributed by atoms with Gasteiger partial charge in [0.1, 0.15) is 5.84 Å². The van der Waals surface area contributed by atoms with Crippen LogP contribution in [0.15, 0.2) is 73.1 Å². The fraction of sp³-hybridized carbons (Fsp3) is 0.200.